The van der Waals surface area contributed by atoms with Crippen LogP contribution in [0.3, 0.4) is 0 Å². The highest BCUT2D eigenvalue weighted by Crippen LogP contribution is 2.28. The summed E-state index contributed by atoms with van der Waals surface area (Å²) in [5.41, 5.74) is 0.830. The number of nitrogens with zero attached hydrogens (tertiary/aromatic N) is 2. The summed E-state index contributed by atoms with van der Waals surface area (Å²) in [5, 5.41) is 3.92. The lowest BCUT2D eigenvalue weighted by Gasteiger charge is -2.08. The van der Waals surface area contributed by atoms with Crippen molar-refractivity contribution in [3.63, 3.8) is 0 Å². The second-order valence-corrected chi connectivity index (χ2v) is 4.50. The molecule has 6 heteroatoms. The van der Waals surface area contributed by atoms with E-state index in [0.29, 0.717) is 22.6 Å². The van der Waals surface area contributed by atoms with E-state index in [-0.39, 0.29) is 18.0 Å². The molecule has 0 aliphatic carbocycles. The number of methoxy groups -OCH3 is 2. The molecule has 0 saturated carbocycles. The third-order valence-corrected chi connectivity index (χ3v) is 3.05. The van der Waals surface area contributed by atoms with Gasteiger partial charge in [-0.05, 0) is 18.2 Å². The third kappa shape index (κ3) is 3.28. The van der Waals surface area contributed by atoms with Gasteiger partial charge in [0.2, 0.25) is 0 Å². The highest BCUT2D eigenvalue weighted by atomic mass is 16.5. The Morgan fingerprint density at radius 2 is 1.76 bits per heavy atom. The molecule has 1 heterocycles. The maximum absolute atomic E-state index is 12.2. The maximum atomic E-state index is 12.2. The zero-order chi connectivity index (χ0) is 15.4. The number of hydrogen-bond donors (Lipinski definition) is 0. The fraction of sp³-hybridized carbons (Fsp3) is 0.267. The van der Waals surface area contributed by atoms with Crippen LogP contribution in [-0.4, -0.2) is 35.6 Å². The van der Waals surface area contributed by atoms with Crippen LogP contribution < -0.4 is 9.47 Å². The minimum Gasteiger partial charge on any atom is -0.493 e. The van der Waals surface area contributed by atoms with E-state index in [0.717, 1.165) is 0 Å². The summed E-state index contributed by atoms with van der Waals surface area (Å²) >= 11 is 0. The number of hydrogen-bond acceptors (Lipinski definition) is 5. The van der Waals surface area contributed by atoms with Gasteiger partial charge in [0.25, 0.3) is 0 Å². The first-order chi connectivity index (χ1) is 10.0. The average Bonchev–Trinajstić information content (AvgIpc) is 2.93. The number of aromatic nitrogens is 2. The Labute approximate surface area is 122 Å². The van der Waals surface area contributed by atoms with E-state index < -0.39 is 0 Å². The molecule has 0 bridgehead atoms. The SMILES string of the molecule is COc1ccc(C(=O)CC(=O)c2cnn(C)c2)cc1OC. The lowest BCUT2D eigenvalue weighted by molar-refractivity contribution is 0.0894. The van der Waals surface area contributed by atoms with Crippen LogP contribution in [0.4, 0.5) is 0 Å². The first-order valence-corrected chi connectivity index (χ1v) is 6.32. The largest absolute Gasteiger partial charge is 0.493 e. The predicted molar refractivity (Wildman–Crippen MR) is 76.0 cm³/mol. The molecule has 0 spiro atoms. The fourth-order valence-electron chi connectivity index (χ4n) is 1.92. The Balaban J connectivity index is 2.15. The molecule has 0 N–H and O–H groups in total. The summed E-state index contributed by atoms with van der Waals surface area (Å²) in [7, 11) is 4.73. The summed E-state index contributed by atoms with van der Waals surface area (Å²) in [6.07, 6.45) is 2.83. The normalized spacial score (nSPS) is 10.2. The van der Waals surface area contributed by atoms with Crippen molar-refractivity contribution in [3.05, 3.63) is 41.7 Å². The minimum absolute atomic E-state index is 0.207. The summed E-state index contributed by atoms with van der Waals surface area (Å²) in [6, 6.07) is 4.82. The van der Waals surface area contributed by atoms with Crippen LogP contribution in [0, 0.1) is 0 Å². The van der Waals surface area contributed by atoms with Crippen LogP contribution in [0.15, 0.2) is 30.6 Å². The number of rotatable bonds is 6. The van der Waals surface area contributed by atoms with Gasteiger partial charge in [-0.3, -0.25) is 14.3 Å². The molecular weight excluding hydrogens is 272 g/mol. The predicted octanol–water partition coefficient (Wildman–Crippen LogP) is 1.89. The molecular formula is C15H16N2O4. The van der Waals surface area contributed by atoms with Crippen molar-refractivity contribution in [1.82, 2.24) is 9.78 Å². The van der Waals surface area contributed by atoms with Gasteiger partial charge in [0.1, 0.15) is 0 Å². The van der Waals surface area contributed by atoms with Crippen LogP contribution in [0.25, 0.3) is 0 Å². The van der Waals surface area contributed by atoms with E-state index in [4.69, 9.17) is 9.47 Å². The second kappa shape index (κ2) is 6.21. The van der Waals surface area contributed by atoms with Gasteiger partial charge in [-0.15, -0.1) is 0 Å². The van der Waals surface area contributed by atoms with Gasteiger partial charge in [0, 0.05) is 18.8 Å². The van der Waals surface area contributed by atoms with Crippen LogP contribution in [0.5, 0.6) is 11.5 Å². The van der Waals surface area contributed by atoms with Crippen molar-refractivity contribution in [2.45, 2.75) is 6.42 Å². The first-order valence-electron chi connectivity index (χ1n) is 6.32. The molecule has 0 amide bonds. The standard InChI is InChI=1S/C15H16N2O4/c1-17-9-11(8-16-17)13(19)7-12(18)10-4-5-14(20-2)15(6-10)21-3/h4-6,8-9H,7H2,1-3H3. The molecule has 1 aromatic carbocycles. The average molecular weight is 288 g/mol. The third-order valence-electron chi connectivity index (χ3n) is 3.05. The minimum atomic E-state index is -0.273. The smallest absolute Gasteiger partial charge is 0.173 e. The van der Waals surface area contributed by atoms with E-state index in [2.05, 4.69) is 5.10 Å². The van der Waals surface area contributed by atoms with Crippen molar-refractivity contribution in [3.8, 4) is 11.5 Å². The second-order valence-electron chi connectivity index (χ2n) is 4.50. The Morgan fingerprint density at radius 1 is 1.10 bits per heavy atom. The van der Waals surface area contributed by atoms with Crippen molar-refractivity contribution in [2.24, 2.45) is 7.05 Å². The molecule has 21 heavy (non-hydrogen) atoms. The van der Waals surface area contributed by atoms with Crippen molar-refractivity contribution < 1.29 is 19.1 Å². The first kappa shape index (κ1) is 14.8. The zero-order valence-electron chi connectivity index (χ0n) is 12.1. The van der Waals surface area contributed by atoms with E-state index >= 15 is 0 Å². The maximum Gasteiger partial charge on any atom is 0.173 e. The fourth-order valence-corrected chi connectivity index (χ4v) is 1.92. The summed E-state index contributed by atoms with van der Waals surface area (Å²) in [4.78, 5) is 24.1. The Hall–Kier alpha value is -2.63. The summed E-state index contributed by atoms with van der Waals surface area (Å²) in [5.74, 6) is 0.456. The van der Waals surface area contributed by atoms with E-state index in [1.165, 1.54) is 25.1 Å². The number of carbonyl (C=O) groups is 2. The number of benzene rings is 1. The molecule has 0 radical (unpaired) electrons. The van der Waals surface area contributed by atoms with Gasteiger partial charge in [0.05, 0.1) is 32.4 Å². The van der Waals surface area contributed by atoms with Gasteiger partial charge in [-0.1, -0.05) is 0 Å². The highest BCUT2D eigenvalue weighted by Gasteiger charge is 2.16. The summed E-state index contributed by atoms with van der Waals surface area (Å²) in [6.45, 7) is 0. The van der Waals surface area contributed by atoms with Gasteiger partial charge < -0.3 is 9.47 Å². The number of Topliss-reactive ketones (excluding diaryl/α,β-unsaturated/α-hetero) is 2. The topological polar surface area (TPSA) is 70.4 Å². The molecule has 0 aliphatic heterocycles. The Morgan fingerprint density at radius 3 is 2.33 bits per heavy atom. The molecule has 110 valence electrons. The van der Waals surface area contributed by atoms with Crippen molar-refractivity contribution in [1.29, 1.82) is 0 Å². The van der Waals surface area contributed by atoms with Crippen LogP contribution in [0.1, 0.15) is 27.1 Å². The number of ether oxygens (including phenoxy) is 2. The van der Waals surface area contributed by atoms with Crippen LogP contribution in [0.2, 0.25) is 0 Å². The van der Waals surface area contributed by atoms with E-state index in [1.54, 1.807) is 31.4 Å². The van der Waals surface area contributed by atoms with Gasteiger partial charge in [-0.25, -0.2) is 0 Å². The molecule has 1 aromatic heterocycles. The molecule has 2 rings (SSSR count). The number of ketones is 2. The quantitative estimate of drug-likeness (QED) is 0.599. The molecule has 0 aliphatic rings. The van der Waals surface area contributed by atoms with E-state index in [1.807, 2.05) is 0 Å². The zero-order valence-corrected chi connectivity index (χ0v) is 12.1. The highest BCUT2D eigenvalue weighted by molar-refractivity contribution is 6.13. The van der Waals surface area contributed by atoms with Crippen molar-refractivity contribution in [2.75, 3.05) is 14.2 Å². The molecule has 0 unspecified atom stereocenters. The molecule has 0 atom stereocenters. The monoisotopic (exact) mass is 288 g/mol. The lowest BCUT2D eigenvalue weighted by Crippen LogP contribution is -2.08. The lowest BCUT2D eigenvalue weighted by atomic mass is 10.0. The molecule has 0 fully saturated rings. The molecule has 2 aromatic rings. The molecule has 0 saturated heterocycles. The van der Waals surface area contributed by atoms with Crippen LogP contribution in [-0.2, 0) is 7.05 Å². The van der Waals surface area contributed by atoms with E-state index in [9.17, 15) is 9.59 Å². The summed E-state index contributed by atoms with van der Waals surface area (Å²) < 4.78 is 11.8. The molecule has 6 nitrogen and oxygen atoms in total. The van der Waals surface area contributed by atoms with Crippen LogP contribution >= 0.6 is 0 Å². The Kier molecular flexibility index (Phi) is 4.37. The number of carbonyl (C=O) groups excluding carboxylic acids is 2. The van der Waals surface area contributed by atoms with Gasteiger partial charge in [0.15, 0.2) is 23.1 Å². The Bertz CT molecular complexity index is 676. The van der Waals surface area contributed by atoms with Gasteiger partial charge in [-0.2, -0.15) is 5.10 Å². The van der Waals surface area contributed by atoms with Gasteiger partial charge >= 0.3 is 0 Å². The van der Waals surface area contributed by atoms with Crippen molar-refractivity contribution >= 4 is 11.6 Å². The number of aryl methyl sites for hydroxylation is 1.